The highest BCUT2D eigenvalue weighted by molar-refractivity contribution is 6.05. The number of benzene rings is 2. The minimum absolute atomic E-state index is 0.101. The number of hydrogen-bond donors (Lipinski definition) is 1. The van der Waals surface area contributed by atoms with Crippen molar-refractivity contribution in [2.75, 3.05) is 25.5 Å². The molecule has 1 N–H and O–H groups in total. The Morgan fingerprint density at radius 2 is 1.77 bits per heavy atom. The van der Waals surface area contributed by atoms with E-state index in [4.69, 9.17) is 4.74 Å². The van der Waals surface area contributed by atoms with Crippen LogP contribution in [0.2, 0.25) is 0 Å². The number of methoxy groups -OCH3 is 1. The first-order chi connectivity index (χ1) is 14.4. The fraction of sp³-hybridized carbons (Fsp3) is 0.348. The van der Waals surface area contributed by atoms with Gasteiger partial charge in [-0.3, -0.25) is 9.59 Å². The molecule has 1 saturated carbocycles. The van der Waals surface area contributed by atoms with Crippen LogP contribution in [-0.2, 0) is 9.53 Å². The Bertz CT molecular complexity index is 998. The Hall–Kier alpha value is -3.22. The lowest BCUT2D eigenvalue weighted by molar-refractivity contribution is -0.118. The van der Waals surface area contributed by atoms with E-state index in [0.29, 0.717) is 24.3 Å². The first-order valence-corrected chi connectivity index (χ1v) is 9.96. The van der Waals surface area contributed by atoms with Crippen LogP contribution >= 0.6 is 0 Å². The molecule has 7 heteroatoms. The Balaban J connectivity index is 1.37. The molecule has 1 saturated heterocycles. The number of ether oxygens (including phenoxy) is 1. The van der Waals surface area contributed by atoms with Gasteiger partial charge < -0.3 is 15.0 Å². The highest BCUT2D eigenvalue weighted by Gasteiger charge is 2.58. The minimum Gasteiger partial charge on any atom is -0.465 e. The molecule has 1 aliphatic carbocycles. The molecule has 0 aromatic heterocycles. The van der Waals surface area contributed by atoms with E-state index in [0.717, 1.165) is 19.3 Å². The molecule has 1 aliphatic heterocycles. The Morgan fingerprint density at radius 1 is 1.07 bits per heavy atom. The number of carbonyl (C=O) groups excluding carboxylic acids is 3. The van der Waals surface area contributed by atoms with Crippen LogP contribution in [0, 0.1) is 17.2 Å². The second kappa shape index (κ2) is 7.89. The molecule has 2 aromatic carbocycles. The van der Waals surface area contributed by atoms with E-state index in [1.165, 1.54) is 19.2 Å². The van der Waals surface area contributed by atoms with E-state index in [-0.39, 0.29) is 28.7 Å². The number of piperidine rings is 1. The standard InChI is InChI=1S/C23H23FN2O4/c1-30-22(29)18-8-3-2-7-17(18)21(28)26-11-9-23(10-12-26)14-19(23)20(27)25-16-6-4-5-15(24)13-16/h2-8,13,19H,9-12,14H2,1H3,(H,25,27)/t19-/m1/s1. The summed E-state index contributed by atoms with van der Waals surface area (Å²) in [5, 5.41) is 2.79. The maximum Gasteiger partial charge on any atom is 0.338 e. The van der Waals surface area contributed by atoms with Gasteiger partial charge in [0.2, 0.25) is 5.91 Å². The van der Waals surface area contributed by atoms with Crippen molar-refractivity contribution in [3.05, 3.63) is 65.5 Å². The molecule has 1 spiro atoms. The van der Waals surface area contributed by atoms with E-state index in [2.05, 4.69) is 5.32 Å². The Labute approximate surface area is 174 Å². The van der Waals surface area contributed by atoms with E-state index < -0.39 is 11.8 Å². The summed E-state index contributed by atoms with van der Waals surface area (Å²) in [6, 6.07) is 12.5. The van der Waals surface area contributed by atoms with Gasteiger partial charge in [0.1, 0.15) is 5.82 Å². The second-order valence-electron chi connectivity index (χ2n) is 7.95. The maximum atomic E-state index is 13.3. The summed E-state index contributed by atoms with van der Waals surface area (Å²) in [5.41, 5.74) is 0.936. The molecule has 0 bridgehead atoms. The van der Waals surface area contributed by atoms with Gasteiger partial charge in [-0.2, -0.15) is 0 Å². The summed E-state index contributed by atoms with van der Waals surface area (Å²) < 4.78 is 18.1. The number of anilines is 1. The molecule has 2 aromatic rings. The summed E-state index contributed by atoms with van der Waals surface area (Å²) in [7, 11) is 1.29. The van der Waals surface area contributed by atoms with Gasteiger partial charge in [-0.1, -0.05) is 18.2 Å². The number of halogens is 1. The summed E-state index contributed by atoms with van der Waals surface area (Å²) in [5.74, 6) is -1.36. The van der Waals surface area contributed by atoms with Crippen LogP contribution in [0.1, 0.15) is 40.0 Å². The average molecular weight is 410 g/mol. The molecule has 0 radical (unpaired) electrons. The van der Waals surface area contributed by atoms with Gasteiger partial charge in [0.05, 0.1) is 18.2 Å². The highest BCUT2D eigenvalue weighted by Crippen LogP contribution is 2.59. The van der Waals surface area contributed by atoms with Crippen LogP contribution in [0.4, 0.5) is 10.1 Å². The second-order valence-corrected chi connectivity index (χ2v) is 7.95. The first kappa shape index (κ1) is 20.1. The predicted molar refractivity (Wildman–Crippen MR) is 108 cm³/mol. The zero-order valence-corrected chi connectivity index (χ0v) is 16.7. The van der Waals surface area contributed by atoms with Crippen molar-refractivity contribution in [3.8, 4) is 0 Å². The van der Waals surface area contributed by atoms with E-state index in [1.807, 2.05) is 0 Å². The fourth-order valence-electron chi connectivity index (χ4n) is 4.35. The van der Waals surface area contributed by atoms with Crippen LogP contribution in [0.3, 0.4) is 0 Å². The van der Waals surface area contributed by atoms with Gasteiger partial charge in [-0.25, -0.2) is 9.18 Å². The molecule has 2 amide bonds. The lowest BCUT2D eigenvalue weighted by Crippen LogP contribution is -2.40. The summed E-state index contributed by atoms with van der Waals surface area (Å²) in [6.07, 6.45) is 2.22. The third kappa shape index (κ3) is 3.79. The van der Waals surface area contributed by atoms with Crippen molar-refractivity contribution in [2.45, 2.75) is 19.3 Å². The summed E-state index contributed by atoms with van der Waals surface area (Å²) in [4.78, 5) is 39.2. The molecule has 2 aliphatic rings. The number of esters is 1. The molecular formula is C23H23FN2O4. The van der Waals surface area contributed by atoms with E-state index >= 15 is 0 Å². The average Bonchev–Trinajstić information content (AvgIpc) is 3.46. The van der Waals surface area contributed by atoms with Crippen molar-refractivity contribution >= 4 is 23.5 Å². The fourth-order valence-corrected chi connectivity index (χ4v) is 4.35. The largest absolute Gasteiger partial charge is 0.465 e. The van der Waals surface area contributed by atoms with E-state index in [9.17, 15) is 18.8 Å². The van der Waals surface area contributed by atoms with Crippen LogP contribution in [0.25, 0.3) is 0 Å². The topological polar surface area (TPSA) is 75.7 Å². The van der Waals surface area contributed by atoms with Gasteiger partial charge in [0.25, 0.3) is 5.91 Å². The molecule has 2 fully saturated rings. The summed E-state index contributed by atoms with van der Waals surface area (Å²) in [6.45, 7) is 1.05. The van der Waals surface area contributed by atoms with Crippen molar-refractivity contribution in [1.82, 2.24) is 4.90 Å². The third-order valence-electron chi connectivity index (χ3n) is 6.21. The lowest BCUT2D eigenvalue weighted by atomic mass is 9.90. The van der Waals surface area contributed by atoms with E-state index in [1.54, 1.807) is 41.3 Å². The van der Waals surface area contributed by atoms with Crippen molar-refractivity contribution in [1.29, 1.82) is 0 Å². The lowest BCUT2D eigenvalue weighted by Gasteiger charge is -2.33. The van der Waals surface area contributed by atoms with Crippen LogP contribution in [-0.4, -0.2) is 42.9 Å². The van der Waals surface area contributed by atoms with Crippen molar-refractivity contribution in [3.63, 3.8) is 0 Å². The molecule has 156 valence electrons. The molecule has 0 unspecified atom stereocenters. The van der Waals surface area contributed by atoms with Crippen LogP contribution in [0.5, 0.6) is 0 Å². The number of amides is 2. The van der Waals surface area contributed by atoms with Gasteiger partial charge >= 0.3 is 5.97 Å². The first-order valence-electron chi connectivity index (χ1n) is 9.96. The summed E-state index contributed by atoms with van der Waals surface area (Å²) >= 11 is 0. The molecule has 1 atom stereocenters. The number of rotatable bonds is 4. The smallest absolute Gasteiger partial charge is 0.338 e. The number of hydrogen-bond acceptors (Lipinski definition) is 4. The predicted octanol–water partition coefficient (Wildman–Crippen LogP) is 3.49. The highest BCUT2D eigenvalue weighted by atomic mass is 19.1. The number of nitrogens with one attached hydrogen (secondary N) is 1. The number of carbonyl (C=O) groups is 3. The zero-order chi connectivity index (χ0) is 21.3. The molecule has 6 nitrogen and oxygen atoms in total. The van der Waals surface area contributed by atoms with Crippen LogP contribution in [0.15, 0.2) is 48.5 Å². The quantitative estimate of drug-likeness (QED) is 0.783. The number of likely N-dealkylation sites (tertiary alicyclic amines) is 1. The van der Waals surface area contributed by atoms with Gasteiger partial charge in [-0.05, 0) is 55.0 Å². The van der Waals surface area contributed by atoms with Crippen molar-refractivity contribution < 1.29 is 23.5 Å². The van der Waals surface area contributed by atoms with Crippen LogP contribution < -0.4 is 5.32 Å². The zero-order valence-electron chi connectivity index (χ0n) is 16.7. The van der Waals surface area contributed by atoms with Gasteiger partial charge in [-0.15, -0.1) is 0 Å². The van der Waals surface area contributed by atoms with Crippen molar-refractivity contribution in [2.24, 2.45) is 11.3 Å². The maximum absolute atomic E-state index is 13.3. The Morgan fingerprint density at radius 3 is 2.43 bits per heavy atom. The molecular weight excluding hydrogens is 387 g/mol. The van der Waals surface area contributed by atoms with Gasteiger partial charge in [0.15, 0.2) is 0 Å². The minimum atomic E-state index is -0.538. The monoisotopic (exact) mass is 410 g/mol. The third-order valence-corrected chi connectivity index (χ3v) is 6.21. The number of nitrogens with zero attached hydrogens (tertiary/aromatic N) is 1. The normalized spacial score (nSPS) is 19.3. The molecule has 1 heterocycles. The SMILES string of the molecule is COC(=O)c1ccccc1C(=O)N1CCC2(CC1)C[C@@H]2C(=O)Nc1cccc(F)c1. The molecule has 30 heavy (non-hydrogen) atoms. The van der Waals surface area contributed by atoms with Gasteiger partial charge in [0, 0.05) is 24.7 Å². The Kier molecular flexibility index (Phi) is 5.28. The molecule has 4 rings (SSSR count).